The minimum atomic E-state index is 1.18. The van der Waals surface area contributed by atoms with Crippen LogP contribution < -0.4 is 0 Å². The van der Waals surface area contributed by atoms with Crippen LogP contribution in [0.3, 0.4) is 0 Å². The zero-order valence-corrected chi connectivity index (χ0v) is 18.0. The van der Waals surface area contributed by atoms with Crippen LogP contribution in [0.5, 0.6) is 0 Å². The van der Waals surface area contributed by atoms with E-state index in [1.54, 1.807) is 0 Å². The van der Waals surface area contributed by atoms with Crippen molar-refractivity contribution < 1.29 is 0 Å². The molecule has 0 saturated heterocycles. The van der Waals surface area contributed by atoms with E-state index in [1.165, 1.54) is 65.6 Å². The monoisotopic (exact) mass is 419 g/mol. The Morgan fingerprint density at radius 2 is 0.818 bits per heavy atom. The summed E-state index contributed by atoms with van der Waals surface area (Å²) in [4.78, 5) is 3.66. The van der Waals surface area contributed by atoms with Gasteiger partial charge in [-0.25, -0.2) is 0 Å². The van der Waals surface area contributed by atoms with E-state index in [-0.39, 0.29) is 0 Å². The van der Waals surface area contributed by atoms with E-state index in [0.717, 1.165) is 0 Å². The highest BCUT2D eigenvalue weighted by Gasteiger charge is 2.18. The van der Waals surface area contributed by atoms with Crippen LogP contribution in [0, 0.1) is 0 Å². The molecule has 1 N–H and O–H groups in total. The fourth-order valence-corrected chi connectivity index (χ4v) is 5.35. The largest absolute Gasteiger partial charge is 0.354 e. The third kappa shape index (κ3) is 2.73. The molecule has 1 nitrogen and oxygen atoms in total. The van der Waals surface area contributed by atoms with Gasteiger partial charge in [0, 0.05) is 21.8 Å². The van der Waals surface area contributed by atoms with Crippen LogP contribution in [0.15, 0.2) is 121 Å². The average Bonchev–Trinajstić information content (AvgIpc) is 3.24. The summed E-state index contributed by atoms with van der Waals surface area (Å²) in [5, 5.41) is 7.67. The van der Waals surface area contributed by atoms with Crippen molar-refractivity contribution >= 4 is 43.4 Å². The first kappa shape index (κ1) is 18.2. The summed E-state index contributed by atoms with van der Waals surface area (Å²) in [6.07, 6.45) is 0. The first-order valence-electron chi connectivity index (χ1n) is 11.4. The van der Waals surface area contributed by atoms with E-state index in [1.807, 2.05) is 0 Å². The van der Waals surface area contributed by atoms with E-state index < -0.39 is 0 Å². The maximum Gasteiger partial charge on any atom is 0.0471 e. The lowest BCUT2D eigenvalue weighted by Crippen LogP contribution is -1.91. The molecule has 154 valence electrons. The van der Waals surface area contributed by atoms with Crippen LogP contribution in [-0.4, -0.2) is 4.98 Å². The molecule has 7 rings (SSSR count). The molecule has 0 bridgehead atoms. The molecule has 0 aliphatic carbocycles. The normalized spacial score (nSPS) is 11.6. The Morgan fingerprint density at radius 1 is 0.333 bits per heavy atom. The summed E-state index contributed by atoms with van der Waals surface area (Å²) in [6, 6.07) is 43.7. The lowest BCUT2D eigenvalue weighted by molar-refractivity contribution is 1.55. The fourth-order valence-electron chi connectivity index (χ4n) is 5.35. The summed E-state index contributed by atoms with van der Waals surface area (Å²) < 4.78 is 0. The van der Waals surface area contributed by atoms with E-state index in [2.05, 4.69) is 126 Å². The number of hydrogen-bond acceptors (Lipinski definition) is 0. The molecule has 0 saturated carbocycles. The highest BCUT2D eigenvalue weighted by molar-refractivity contribution is 6.25. The van der Waals surface area contributed by atoms with Gasteiger partial charge in [-0.2, -0.15) is 0 Å². The molecule has 0 amide bonds. The van der Waals surface area contributed by atoms with Gasteiger partial charge in [0.2, 0.25) is 0 Å². The Morgan fingerprint density at radius 3 is 1.42 bits per heavy atom. The molecule has 1 aromatic heterocycles. The van der Waals surface area contributed by atoms with Crippen molar-refractivity contribution in [2.45, 2.75) is 0 Å². The van der Waals surface area contributed by atoms with Crippen molar-refractivity contribution in [3.63, 3.8) is 0 Å². The average molecular weight is 420 g/mol. The molecule has 1 heterocycles. The molecule has 6 aromatic carbocycles. The van der Waals surface area contributed by atoms with Crippen LogP contribution in [-0.2, 0) is 0 Å². The molecule has 7 aromatic rings. The molecule has 0 aliphatic heterocycles. The maximum atomic E-state index is 3.66. The number of fused-ring (bicyclic) bond motifs is 5. The smallest absolute Gasteiger partial charge is 0.0471 e. The van der Waals surface area contributed by atoms with E-state index in [9.17, 15) is 0 Å². The van der Waals surface area contributed by atoms with E-state index in [0.29, 0.717) is 0 Å². The molecule has 0 radical (unpaired) electrons. The first-order valence-corrected chi connectivity index (χ1v) is 11.4. The zero-order chi connectivity index (χ0) is 21.8. The van der Waals surface area contributed by atoms with E-state index in [4.69, 9.17) is 0 Å². The number of hydrogen-bond donors (Lipinski definition) is 1. The van der Waals surface area contributed by atoms with Crippen molar-refractivity contribution in [3.8, 4) is 22.3 Å². The van der Waals surface area contributed by atoms with Gasteiger partial charge in [-0.05, 0) is 62.0 Å². The molecule has 0 atom stereocenters. The summed E-state index contributed by atoms with van der Waals surface area (Å²) >= 11 is 0. The number of benzene rings is 6. The first-order chi connectivity index (χ1) is 16.4. The molecule has 1 heteroatoms. The topological polar surface area (TPSA) is 15.8 Å². The number of rotatable bonds is 2. The highest BCUT2D eigenvalue weighted by atomic mass is 14.7. The number of aromatic amines is 1. The zero-order valence-electron chi connectivity index (χ0n) is 18.0. The second-order valence-corrected chi connectivity index (χ2v) is 8.64. The van der Waals surface area contributed by atoms with Gasteiger partial charge in [-0.1, -0.05) is 103 Å². The van der Waals surface area contributed by atoms with Crippen LogP contribution >= 0.6 is 0 Å². The van der Waals surface area contributed by atoms with E-state index >= 15 is 0 Å². The minimum absolute atomic E-state index is 1.18. The molecular weight excluding hydrogens is 398 g/mol. The number of para-hydroxylation sites is 1. The quantitative estimate of drug-likeness (QED) is 0.269. The van der Waals surface area contributed by atoms with Gasteiger partial charge in [0.05, 0.1) is 0 Å². The summed E-state index contributed by atoms with van der Waals surface area (Å²) in [6.45, 7) is 0. The number of H-pyrrole nitrogens is 1. The Labute approximate surface area is 191 Å². The second kappa shape index (κ2) is 7.08. The van der Waals surface area contributed by atoms with Crippen molar-refractivity contribution in [3.05, 3.63) is 121 Å². The predicted octanol–water partition coefficient (Wildman–Crippen LogP) is 8.96. The van der Waals surface area contributed by atoms with Crippen molar-refractivity contribution in [1.29, 1.82) is 0 Å². The lowest BCUT2D eigenvalue weighted by Gasteiger charge is -2.18. The molecule has 0 aliphatic rings. The van der Waals surface area contributed by atoms with Crippen LogP contribution in [0.1, 0.15) is 0 Å². The van der Waals surface area contributed by atoms with Gasteiger partial charge in [0.25, 0.3) is 0 Å². The lowest BCUT2D eigenvalue weighted by atomic mass is 9.85. The molecule has 33 heavy (non-hydrogen) atoms. The van der Waals surface area contributed by atoms with Crippen LogP contribution in [0.2, 0.25) is 0 Å². The molecular formula is C32H21N. The van der Waals surface area contributed by atoms with Crippen molar-refractivity contribution in [1.82, 2.24) is 4.98 Å². The van der Waals surface area contributed by atoms with Gasteiger partial charge in [-0.3, -0.25) is 0 Å². The summed E-state index contributed by atoms with van der Waals surface area (Å²) in [7, 11) is 0. The fraction of sp³-hybridized carbons (Fsp3) is 0. The Kier molecular flexibility index (Phi) is 3.91. The number of aromatic nitrogens is 1. The van der Waals surface area contributed by atoms with Gasteiger partial charge < -0.3 is 4.98 Å². The van der Waals surface area contributed by atoms with Crippen molar-refractivity contribution in [2.24, 2.45) is 0 Å². The molecule has 0 fully saturated rings. The highest BCUT2D eigenvalue weighted by Crippen LogP contribution is 2.45. The second-order valence-electron chi connectivity index (χ2n) is 8.64. The SMILES string of the molecule is c1ccc(-c2c3ccccc3c(-c3ccccc3)c3cc4c(cc23)[nH]c2ccccc24)cc1. The maximum absolute atomic E-state index is 3.66. The third-order valence-corrected chi connectivity index (χ3v) is 6.77. The van der Waals surface area contributed by atoms with Gasteiger partial charge in [0.15, 0.2) is 0 Å². The van der Waals surface area contributed by atoms with Crippen LogP contribution in [0.4, 0.5) is 0 Å². The third-order valence-electron chi connectivity index (χ3n) is 6.77. The van der Waals surface area contributed by atoms with Crippen molar-refractivity contribution in [2.75, 3.05) is 0 Å². The summed E-state index contributed by atoms with van der Waals surface area (Å²) in [5.74, 6) is 0. The Hall–Kier alpha value is -4.36. The van der Waals surface area contributed by atoms with Gasteiger partial charge >= 0.3 is 0 Å². The predicted molar refractivity (Wildman–Crippen MR) is 142 cm³/mol. The Balaban J connectivity index is 1.76. The standard InChI is InChI=1S/C32H21N/c1-3-11-21(12-4-1)31-24-16-7-8-17-25(24)32(22-13-5-2-6-14-22)28-20-30-26(19-27(28)31)23-15-9-10-18-29(23)33-30/h1-20,33H. The molecule has 0 unspecified atom stereocenters. The van der Waals surface area contributed by atoms with Gasteiger partial charge in [-0.15, -0.1) is 0 Å². The minimum Gasteiger partial charge on any atom is -0.354 e. The van der Waals surface area contributed by atoms with Gasteiger partial charge in [0.1, 0.15) is 0 Å². The number of nitrogens with one attached hydrogen (secondary N) is 1. The van der Waals surface area contributed by atoms with Crippen LogP contribution in [0.25, 0.3) is 65.6 Å². The molecule has 0 spiro atoms. The summed E-state index contributed by atoms with van der Waals surface area (Å²) in [5.41, 5.74) is 7.44. The Bertz CT molecular complexity index is 1790.